The molecule has 0 unspecified atom stereocenters. The summed E-state index contributed by atoms with van der Waals surface area (Å²) in [4.78, 5) is 24.0. The topological polar surface area (TPSA) is 80.6 Å². The van der Waals surface area contributed by atoms with Gasteiger partial charge in [-0.25, -0.2) is 0 Å². The number of benzene rings is 1. The van der Waals surface area contributed by atoms with E-state index < -0.39 is 17.9 Å². The minimum atomic E-state index is -0.755. The molecule has 0 aliphatic rings. The quantitative estimate of drug-likeness (QED) is 0.816. The molecule has 1 aromatic heterocycles. The van der Waals surface area contributed by atoms with E-state index in [1.807, 2.05) is 25.1 Å². The van der Waals surface area contributed by atoms with E-state index in [2.05, 4.69) is 24.7 Å². The Bertz CT molecular complexity index is 765. The van der Waals surface area contributed by atoms with E-state index in [9.17, 15) is 9.59 Å². The van der Waals surface area contributed by atoms with Crippen LogP contribution in [0.15, 0.2) is 34.9 Å². The van der Waals surface area contributed by atoms with Crippen LogP contribution in [-0.2, 0) is 4.79 Å². The average molecular weight is 344 g/mol. The molecule has 0 aliphatic heterocycles. The number of amides is 2. The van der Waals surface area contributed by atoms with Gasteiger partial charge in [-0.2, -0.15) is 0 Å². The third-order valence-electron chi connectivity index (χ3n) is 3.95. The Balaban J connectivity index is 1.91. The molecule has 1 heterocycles. The number of furan rings is 1. The maximum atomic E-state index is 12.1. The van der Waals surface area contributed by atoms with Gasteiger partial charge in [0, 0.05) is 0 Å². The van der Waals surface area contributed by atoms with Crippen molar-refractivity contribution in [3.05, 3.63) is 53.0 Å². The number of nitrogens with one attached hydrogen (secondary N) is 2. The van der Waals surface area contributed by atoms with Crippen LogP contribution < -0.4 is 15.6 Å². The van der Waals surface area contributed by atoms with E-state index in [-0.39, 0.29) is 0 Å². The summed E-state index contributed by atoms with van der Waals surface area (Å²) in [6, 6.07) is 7.30. The van der Waals surface area contributed by atoms with Crippen molar-refractivity contribution in [2.45, 2.75) is 46.6 Å². The number of ether oxygens (including phenoxy) is 1. The van der Waals surface area contributed by atoms with Gasteiger partial charge in [-0.3, -0.25) is 20.4 Å². The average Bonchev–Trinajstić information content (AvgIpc) is 2.98. The lowest BCUT2D eigenvalue weighted by Crippen LogP contribution is -2.47. The van der Waals surface area contributed by atoms with Crippen molar-refractivity contribution in [2.75, 3.05) is 0 Å². The summed E-state index contributed by atoms with van der Waals surface area (Å²) in [6.45, 7) is 9.56. The number of aryl methyl sites for hydroxylation is 2. The molecule has 2 N–H and O–H groups in total. The maximum absolute atomic E-state index is 12.1. The highest BCUT2D eigenvalue weighted by Crippen LogP contribution is 2.24. The van der Waals surface area contributed by atoms with Gasteiger partial charge in [0.15, 0.2) is 6.10 Å². The van der Waals surface area contributed by atoms with Crippen molar-refractivity contribution in [2.24, 2.45) is 0 Å². The summed E-state index contributed by atoms with van der Waals surface area (Å²) in [5.74, 6) is 0.638. The second-order valence-electron chi connectivity index (χ2n) is 6.27. The third-order valence-corrected chi connectivity index (χ3v) is 3.95. The Kier molecular flexibility index (Phi) is 5.85. The molecule has 1 aromatic carbocycles. The van der Waals surface area contributed by atoms with E-state index in [0.717, 1.165) is 5.56 Å². The molecule has 6 nitrogen and oxygen atoms in total. The molecule has 134 valence electrons. The van der Waals surface area contributed by atoms with E-state index in [0.29, 0.717) is 23.0 Å². The number of hydrazine groups is 1. The SMILES string of the molecule is Cc1cc(O[C@H](C)C(=O)NNC(=O)c2ccoc2C)ccc1C(C)C. The van der Waals surface area contributed by atoms with Crippen molar-refractivity contribution in [3.8, 4) is 5.75 Å². The Morgan fingerprint density at radius 1 is 1.08 bits per heavy atom. The smallest absolute Gasteiger partial charge is 0.279 e. The fraction of sp³-hybridized carbons (Fsp3) is 0.368. The van der Waals surface area contributed by atoms with Crippen LogP contribution in [-0.4, -0.2) is 17.9 Å². The summed E-state index contributed by atoms with van der Waals surface area (Å²) in [7, 11) is 0. The van der Waals surface area contributed by atoms with Gasteiger partial charge in [0.1, 0.15) is 11.5 Å². The van der Waals surface area contributed by atoms with Gasteiger partial charge < -0.3 is 9.15 Å². The molecule has 2 aromatic rings. The lowest BCUT2D eigenvalue weighted by atomic mass is 9.98. The maximum Gasteiger partial charge on any atom is 0.279 e. The predicted molar refractivity (Wildman–Crippen MR) is 94.4 cm³/mol. The van der Waals surface area contributed by atoms with E-state index in [1.165, 1.54) is 17.9 Å². The molecule has 0 bridgehead atoms. The molecule has 0 aliphatic carbocycles. The Morgan fingerprint density at radius 2 is 1.80 bits per heavy atom. The van der Waals surface area contributed by atoms with Crippen molar-refractivity contribution < 1.29 is 18.7 Å². The van der Waals surface area contributed by atoms with Crippen LogP contribution in [0, 0.1) is 13.8 Å². The first-order valence-electron chi connectivity index (χ1n) is 8.21. The number of carbonyl (C=O) groups excluding carboxylic acids is 2. The Hall–Kier alpha value is -2.76. The van der Waals surface area contributed by atoms with Gasteiger partial charge in [-0.05, 0) is 56.0 Å². The van der Waals surface area contributed by atoms with E-state index in [4.69, 9.17) is 9.15 Å². The molecule has 0 saturated heterocycles. The molecule has 6 heteroatoms. The van der Waals surface area contributed by atoms with Crippen LogP contribution in [0.1, 0.15) is 53.9 Å². The molecule has 2 amide bonds. The number of hydrogen-bond donors (Lipinski definition) is 2. The largest absolute Gasteiger partial charge is 0.481 e. The third kappa shape index (κ3) is 4.62. The predicted octanol–water partition coefficient (Wildman–Crippen LogP) is 3.25. The number of rotatable bonds is 5. The Morgan fingerprint density at radius 3 is 2.36 bits per heavy atom. The number of hydrogen-bond acceptors (Lipinski definition) is 4. The summed E-state index contributed by atoms with van der Waals surface area (Å²) >= 11 is 0. The lowest BCUT2D eigenvalue weighted by Gasteiger charge is -2.17. The minimum Gasteiger partial charge on any atom is -0.481 e. The van der Waals surface area contributed by atoms with Crippen LogP contribution >= 0.6 is 0 Å². The van der Waals surface area contributed by atoms with Crippen LogP contribution in [0.2, 0.25) is 0 Å². The fourth-order valence-electron chi connectivity index (χ4n) is 2.53. The zero-order valence-corrected chi connectivity index (χ0v) is 15.2. The zero-order chi connectivity index (χ0) is 18.6. The second kappa shape index (κ2) is 7.88. The number of carbonyl (C=O) groups is 2. The standard InChI is InChI=1S/C19H24N2O4/c1-11(2)16-7-6-15(10-12(16)3)25-14(5)18(22)20-21-19(23)17-8-9-24-13(17)4/h6-11,14H,1-5H3,(H,20,22)(H,21,23)/t14-/m1/s1. The first-order valence-corrected chi connectivity index (χ1v) is 8.21. The highest BCUT2D eigenvalue weighted by atomic mass is 16.5. The van der Waals surface area contributed by atoms with Crippen LogP contribution in [0.4, 0.5) is 0 Å². The van der Waals surface area contributed by atoms with E-state index >= 15 is 0 Å². The van der Waals surface area contributed by atoms with Gasteiger partial charge in [-0.1, -0.05) is 19.9 Å². The van der Waals surface area contributed by atoms with Gasteiger partial charge in [0.25, 0.3) is 11.8 Å². The summed E-state index contributed by atoms with van der Waals surface area (Å²) in [5.41, 5.74) is 7.43. The molecule has 2 rings (SSSR count). The second-order valence-corrected chi connectivity index (χ2v) is 6.27. The first-order chi connectivity index (χ1) is 11.8. The monoisotopic (exact) mass is 344 g/mol. The summed E-state index contributed by atoms with van der Waals surface area (Å²) < 4.78 is 10.7. The van der Waals surface area contributed by atoms with Crippen LogP contribution in [0.3, 0.4) is 0 Å². The van der Waals surface area contributed by atoms with Crippen molar-refractivity contribution >= 4 is 11.8 Å². The van der Waals surface area contributed by atoms with Gasteiger partial charge in [0.05, 0.1) is 11.8 Å². The summed E-state index contributed by atoms with van der Waals surface area (Å²) in [6.07, 6.45) is 0.663. The normalized spacial score (nSPS) is 11.9. The van der Waals surface area contributed by atoms with Gasteiger partial charge in [0.2, 0.25) is 0 Å². The molecule has 0 radical (unpaired) electrons. The van der Waals surface area contributed by atoms with Gasteiger partial charge in [-0.15, -0.1) is 0 Å². The zero-order valence-electron chi connectivity index (χ0n) is 15.2. The molecule has 0 saturated carbocycles. The molecule has 0 spiro atoms. The van der Waals surface area contributed by atoms with Crippen LogP contribution in [0.5, 0.6) is 5.75 Å². The molecular formula is C19H24N2O4. The van der Waals surface area contributed by atoms with Gasteiger partial charge >= 0.3 is 0 Å². The molecular weight excluding hydrogens is 320 g/mol. The highest BCUT2D eigenvalue weighted by Gasteiger charge is 2.17. The molecule has 1 atom stereocenters. The van der Waals surface area contributed by atoms with E-state index in [1.54, 1.807) is 13.8 Å². The molecule has 25 heavy (non-hydrogen) atoms. The first kappa shape index (κ1) is 18.6. The van der Waals surface area contributed by atoms with Crippen LogP contribution in [0.25, 0.3) is 0 Å². The van der Waals surface area contributed by atoms with Crippen molar-refractivity contribution in [1.82, 2.24) is 10.9 Å². The summed E-state index contributed by atoms with van der Waals surface area (Å²) in [5, 5.41) is 0. The van der Waals surface area contributed by atoms with Crippen molar-refractivity contribution in [1.29, 1.82) is 0 Å². The Labute approximate surface area is 147 Å². The minimum absolute atomic E-state index is 0.369. The highest BCUT2D eigenvalue weighted by molar-refractivity contribution is 5.96. The lowest BCUT2D eigenvalue weighted by molar-refractivity contribution is -0.128. The van der Waals surface area contributed by atoms with Crippen molar-refractivity contribution in [3.63, 3.8) is 0 Å². The fourth-order valence-corrected chi connectivity index (χ4v) is 2.53. The molecule has 0 fully saturated rings.